The zero-order chi connectivity index (χ0) is 17.3. The van der Waals surface area contributed by atoms with Gasteiger partial charge in [0.2, 0.25) is 0 Å². The van der Waals surface area contributed by atoms with E-state index in [1.54, 1.807) is 6.07 Å². The van der Waals surface area contributed by atoms with Gasteiger partial charge in [-0.25, -0.2) is 0 Å². The normalized spacial score (nSPS) is 11.9. The number of ether oxygens (including phenoxy) is 1. The Morgan fingerprint density at radius 1 is 0.870 bits per heavy atom. The predicted molar refractivity (Wildman–Crippen MR) is 68.3 cm³/mol. The molecule has 0 aliphatic carbocycles. The SMILES string of the molecule is N#Cc1cc(OC(F)(F)F)cc(-c2cccc(C(F)(F)F)c2)c1. The molecule has 8 heteroatoms. The van der Waals surface area contributed by atoms with Crippen molar-refractivity contribution in [3.05, 3.63) is 53.6 Å². The average molecular weight is 331 g/mol. The summed E-state index contributed by atoms with van der Waals surface area (Å²) >= 11 is 0. The minimum absolute atomic E-state index is 0.00870. The molecule has 23 heavy (non-hydrogen) atoms. The second kappa shape index (κ2) is 5.83. The van der Waals surface area contributed by atoms with Gasteiger partial charge in [0.25, 0.3) is 0 Å². The summed E-state index contributed by atoms with van der Waals surface area (Å²) in [5, 5.41) is 8.85. The summed E-state index contributed by atoms with van der Waals surface area (Å²) in [5.41, 5.74) is -1.09. The van der Waals surface area contributed by atoms with Gasteiger partial charge in [-0.3, -0.25) is 0 Å². The molecule has 0 aromatic heterocycles. The highest BCUT2D eigenvalue weighted by Crippen LogP contribution is 2.34. The van der Waals surface area contributed by atoms with Gasteiger partial charge in [0.05, 0.1) is 17.2 Å². The number of benzene rings is 2. The van der Waals surface area contributed by atoms with Gasteiger partial charge in [0, 0.05) is 0 Å². The van der Waals surface area contributed by atoms with E-state index in [1.807, 2.05) is 0 Å². The second-order valence-corrected chi connectivity index (χ2v) is 4.48. The van der Waals surface area contributed by atoms with Crippen molar-refractivity contribution in [1.29, 1.82) is 5.26 Å². The van der Waals surface area contributed by atoms with Crippen molar-refractivity contribution in [3.8, 4) is 22.9 Å². The highest BCUT2D eigenvalue weighted by atomic mass is 19.4. The number of alkyl halides is 6. The molecule has 2 rings (SSSR count). The highest BCUT2D eigenvalue weighted by Gasteiger charge is 2.32. The third kappa shape index (κ3) is 4.39. The average Bonchev–Trinajstić information content (AvgIpc) is 2.44. The molecule has 0 bridgehead atoms. The van der Waals surface area contributed by atoms with Crippen LogP contribution >= 0.6 is 0 Å². The Morgan fingerprint density at radius 3 is 2.13 bits per heavy atom. The first-order chi connectivity index (χ1) is 10.6. The third-order valence-electron chi connectivity index (χ3n) is 2.79. The van der Waals surface area contributed by atoms with Crippen LogP contribution in [0.15, 0.2) is 42.5 Å². The van der Waals surface area contributed by atoms with E-state index in [1.165, 1.54) is 12.1 Å². The summed E-state index contributed by atoms with van der Waals surface area (Å²) in [7, 11) is 0. The molecule has 120 valence electrons. The first-order valence-corrected chi connectivity index (χ1v) is 6.07. The minimum Gasteiger partial charge on any atom is -0.406 e. The summed E-state index contributed by atoms with van der Waals surface area (Å²) in [4.78, 5) is 0. The van der Waals surface area contributed by atoms with E-state index in [2.05, 4.69) is 4.74 Å². The molecule has 0 N–H and O–H groups in total. The second-order valence-electron chi connectivity index (χ2n) is 4.48. The largest absolute Gasteiger partial charge is 0.573 e. The Kier molecular flexibility index (Phi) is 4.23. The first kappa shape index (κ1) is 16.7. The molecule has 0 saturated heterocycles. The van der Waals surface area contributed by atoms with Crippen LogP contribution in [0.3, 0.4) is 0 Å². The fourth-order valence-electron chi connectivity index (χ4n) is 1.90. The van der Waals surface area contributed by atoms with Crippen molar-refractivity contribution in [3.63, 3.8) is 0 Å². The van der Waals surface area contributed by atoms with Crippen molar-refractivity contribution < 1.29 is 31.1 Å². The van der Waals surface area contributed by atoms with Gasteiger partial charge in [-0.1, -0.05) is 12.1 Å². The molecule has 0 unspecified atom stereocenters. The maximum absolute atomic E-state index is 12.7. The smallest absolute Gasteiger partial charge is 0.406 e. The Hall–Kier alpha value is -2.69. The van der Waals surface area contributed by atoms with Crippen LogP contribution in [0.2, 0.25) is 0 Å². The van der Waals surface area contributed by atoms with Gasteiger partial charge < -0.3 is 4.74 Å². The molecule has 2 aromatic rings. The Labute approximate surface area is 126 Å². The molecule has 2 nitrogen and oxygen atoms in total. The van der Waals surface area contributed by atoms with E-state index in [0.29, 0.717) is 0 Å². The van der Waals surface area contributed by atoms with Crippen LogP contribution in [0, 0.1) is 11.3 Å². The molecule has 0 spiro atoms. The van der Waals surface area contributed by atoms with Gasteiger partial charge in [0.1, 0.15) is 5.75 Å². The van der Waals surface area contributed by atoms with Crippen LogP contribution in [-0.4, -0.2) is 6.36 Å². The highest BCUT2D eigenvalue weighted by molar-refractivity contribution is 5.68. The van der Waals surface area contributed by atoms with Crippen LogP contribution in [-0.2, 0) is 6.18 Å². The molecule has 0 saturated carbocycles. The van der Waals surface area contributed by atoms with Crippen molar-refractivity contribution in [2.24, 2.45) is 0 Å². The predicted octanol–water partition coefficient (Wildman–Crippen LogP) is 5.14. The summed E-state index contributed by atoms with van der Waals surface area (Å²) < 4.78 is 78.7. The lowest BCUT2D eigenvalue weighted by atomic mass is 10.0. The molecule has 0 atom stereocenters. The van der Waals surface area contributed by atoms with Gasteiger partial charge in [-0.2, -0.15) is 18.4 Å². The van der Waals surface area contributed by atoms with E-state index in [-0.39, 0.29) is 16.7 Å². The van der Waals surface area contributed by atoms with Crippen LogP contribution in [0.1, 0.15) is 11.1 Å². The summed E-state index contributed by atoms with van der Waals surface area (Å²) in [6, 6.07) is 8.63. The van der Waals surface area contributed by atoms with Gasteiger partial charge >= 0.3 is 12.5 Å². The number of hydrogen-bond donors (Lipinski definition) is 0. The molecule has 0 aliphatic heterocycles. The van der Waals surface area contributed by atoms with Gasteiger partial charge in [-0.15, -0.1) is 13.2 Å². The molecule has 0 aliphatic rings. The van der Waals surface area contributed by atoms with Crippen LogP contribution in [0.4, 0.5) is 26.3 Å². The van der Waals surface area contributed by atoms with E-state index < -0.39 is 23.9 Å². The van der Waals surface area contributed by atoms with E-state index in [0.717, 1.165) is 30.3 Å². The van der Waals surface area contributed by atoms with Crippen LogP contribution in [0.25, 0.3) is 11.1 Å². The van der Waals surface area contributed by atoms with Crippen molar-refractivity contribution >= 4 is 0 Å². The zero-order valence-electron chi connectivity index (χ0n) is 11.2. The summed E-state index contributed by atoms with van der Waals surface area (Å²) in [5.74, 6) is -0.677. The molecule has 0 amide bonds. The molecular formula is C15H7F6NO. The summed E-state index contributed by atoms with van der Waals surface area (Å²) in [6.45, 7) is 0. The third-order valence-corrected chi connectivity index (χ3v) is 2.79. The maximum atomic E-state index is 12.7. The number of nitriles is 1. The van der Waals surface area contributed by atoms with Crippen LogP contribution in [0.5, 0.6) is 5.75 Å². The van der Waals surface area contributed by atoms with Gasteiger partial charge in [-0.05, 0) is 41.5 Å². The molecular weight excluding hydrogens is 324 g/mol. The fraction of sp³-hybridized carbons (Fsp3) is 0.133. The standard InChI is InChI=1S/C15H7F6NO/c16-14(17,18)12-3-1-2-10(6-12)11-4-9(8-22)5-13(7-11)23-15(19,20)21/h1-7H. The number of rotatable bonds is 2. The van der Waals surface area contributed by atoms with Crippen LogP contribution < -0.4 is 4.74 Å². The Balaban J connectivity index is 2.51. The number of hydrogen-bond acceptors (Lipinski definition) is 2. The molecule has 0 radical (unpaired) electrons. The molecule has 0 heterocycles. The van der Waals surface area contributed by atoms with Crippen molar-refractivity contribution in [2.75, 3.05) is 0 Å². The number of nitrogens with zero attached hydrogens (tertiary/aromatic N) is 1. The minimum atomic E-state index is -4.97. The maximum Gasteiger partial charge on any atom is 0.573 e. The number of halogens is 6. The molecule has 0 fully saturated rings. The fourth-order valence-corrected chi connectivity index (χ4v) is 1.90. The van der Waals surface area contributed by atoms with Gasteiger partial charge in [0.15, 0.2) is 0 Å². The van der Waals surface area contributed by atoms with E-state index in [4.69, 9.17) is 5.26 Å². The first-order valence-electron chi connectivity index (χ1n) is 6.07. The lowest BCUT2D eigenvalue weighted by Gasteiger charge is -2.12. The monoisotopic (exact) mass is 331 g/mol. The van der Waals surface area contributed by atoms with E-state index in [9.17, 15) is 26.3 Å². The van der Waals surface area contributed by atoms with E-state index >= 15 is 0 Å². The quantitative estimate of drug-likeness (QED) is 0.714. The zero-order valence-corrected chi connectivity index (χ0v) is 11.2. The van der Waals surface area contributed by atoms with Crippen molar-refractivity contribution in [2.45, 2.75) is 12.5 Å². The van der Waals surface area contributed by atoms with Crippen molar-refractivity contribution in [1.82, 2.24) is 0 Å². The summed E-state index contributed by atoms with van der Waals surface area (Å²) in [6.07, 6.45) is -9.56. The Morgan fingerprint density at radius 2 is 1.57 bits per heavy atom. The topological polar surface area (TPSA) is 33.0 Å². The molecule has 2 aromatic carbocycles. The lowest BCUT2D eigenvalue weighted by molar-refractivity contribution is -0.274. The Bertz CT molecular complexity index is 758. The lowest BCUT2D eigenvalue weighted by Crippen LogP contribution is -2.17.